The Morgan fingerprint density at radius 3 is 2.40 bits per heavy atom. The monoisotopic (exact) mass is 582 g/mol. The maximum atomic E-state index is 14.4. The van der Waals surface area contributed by atoms with E-state index in [0.29, 0.717) is 37.1 Å². The Hall–Kier alpha value is -4.68. The molecule has 3 atom stereocenters. The average molecular weight is 583 g/mol. The standard InChI is InChI=1S/C34H38N4O5/c1-5-30(41)37-19-7-9-29(37)33(43)38(27-14-12-25(13-15-27)34(2,3)4)31(24-8-6-18-35-21-24)32(42)36-26(22-39)20-23-10-16-28(40)17-11-23/h1,6,8,10-18,21,26,29,31,39-40H,7,9,19-20,22H2,2-4H3,(H,36,42). The van der Waals surface area contributed by atoms with Crippen LogP contribution in [0.4, 0.5) is 5.69 Å². The van der Waals surface area contributed by atoms with Crippen molar-refractivity contribution in [1.29, 1.82) is 0 Å². The number of aromatic hydroxyl groups is 1. The first-order chi connectivity index (χ1) is 20.5. The van der Waals surface area contributed by atoms with E-state index in [1.165, 1.54) is 28.1 Å². The Kier molecular flexibility index (Phi) is 9.84. The smallest absolute Gasteiger partial charge is 0.298 e. The number of carbonyl (C=O) groups is 3. The zero-order chi connectivity index (χ0) is 31.1. The molecule has 224 valence electrons. The second-order valence-corrected chi connectivity index (χ2v) is 11.8. The molecule has 3 amide bonds. The number of hydrogen-bond acceptors (Lipinski definition) is 6. The number of likely N-dealkylation sites (tertiary alicyclic amines) is 1. The minimum absolute atomic E-state index is 0.112. The minimum Gasteiger partial charge on any atom is -0.508 e. The van der Waals surface area contributed by atoms with Gasteiger partial charge in [0.2, 0.25) is 5.91 Å². The molecule has 3 unspecified atom stereocenters. The van der Waals surface area contributed by atoms with Crippen molar-refractivity contribution in [3.8, 4) is 18.1 Å². The largest absolute Gasteiger partial charge is 0.508 e. The van der Waals surface area contributed by atoms with Crippen LogP contribution in [0.2, 0.25) is 0 Å². The fourth-order valence-electron chi connectivity index (χ4n) is 5.35. The van der Waals surface area contributed by atoms with Crippen LogP contribution in [-0.2, 0) is 26.2 Å². The maximum Gasteiger partial charge on any atom is 0.298 e. The molecule has 0 aliphatic carbocycles. The van der Waals surface area contributed by atoms with Gasteiger partial charge in [-0.15, -0.1) is 6.42 Å². The number of anilines is 1. The molecule has 9 nitrogen and oxygen atoms in total. The molecule has 3 aromatic rings. The number of carbonyl (C=O) groups excluding carboxylic acids is 3. The van der Waals surface area contributed by atoms with Gasteiger partial charge in [-0.25, -0.2) is 0 Å². The lowest BCUT2D eigenvalue weighted by Crippen LogP contribution is -2.53. The van der Waals surface area contributed by atoms with Gasteiger partial charge in [0, 0.05) is 30.2 Å². The number of rotatable bonds is 9. The van der Waals surface area contributed by atoms with E-state index in [2.05, 4.69) is 37.0 Å². The number of hydrogen-bond donors (Lipinski definition) is 3. The maximum absolute atomic E-state index is 14.4. The molecule has 2 heterocycles. The summed E-state index contributed by atoms with van der Waals surface area (Å²) in [5, 5.41) is 22.7. The second-order valence-electron chi connectivity index (χ2n) is 11.8. The number of terminal acetylenes is 1. The molecule has 43 heavy (non-hydrogen) atoms. The fourth-order valence-corrected chi connectivity index (χ4v) is 5.35. The molecule has 1 saturated heterocycles. The number of phenolic OH excluding ortho intramolecular Hbond substituents is 1. The summed E-state index contributed by atoms with van der Waals surface area (Å²) in [6.07, 6.45) is 9.83. The molecule has 1 aromatic heterocycles. The number of benzene rings is 2. The summed E-state index contributed by atoms with van der Waals surface area (Å²) >= 11 is 0. The average Bonchev–Trinajstić information content (AvgIpc) is 3.50. The molecule has 0 spiro atoms. The molecular formula is C34H38N4O5. The SMILES string of the molecule is C#CC(=O)N1CCCC1C(=O)N(c1ccc(C(C)(C)C)cc1)C(C(=O)NC(CO)Cc1ccc(O)cc1)c1cccnc1. The highest BCUT2D eigenvalue weighted by Gasteiger charge is 2.42. The van der Waals surface area contributed by atoms with Crippen LogP contribution in [0.15, 0.2) is 73.1 Å². The first-order valence-electron chi connectivity index (χ1n) is 14.3. The minimum atomic E-state index is -1.17. The van der Waals surface area contributed by atoms with Crippen LogP contribution in [0.3, 0.4) is 0 Å². The first-order valence-corrected chi connectivity index (χ1v) is 14.3. The fraction of sp³-hybridized carbons (Fsp3) is 0.353. The molecular weight excluding hydrogens is 544 g/mol. The number of aliphatic hydroxyl groups is 1. The lowest BCUT2D eigenvalue weighted by atomic mass is 9.87. The van der Waals surface area contributed by atoms with Crippen LogP contribution < -0.4 is 10.2 Å². The summed E-state index contributed by atoms with van der Waals surface area (Å²) in [6.45, 7) is 6.25. The number of nitrogens with one attached hydrogen (secondary N) is 1. The van der Waals surface area contributed by atoms with Crippen molar-refractivity contribution in [2.75, 3.05) is 18.1 Å². The van der Waals surface area contributed by atoms with E-state index in [0.717, 1.165) is 11.1 Å². The van der Waals surface area contributed by atoms with Gasteiger partial charge in [0.15, 0.2) is 0 Å². The van der Waals surface area contributed by atoms with Crippen molar-refractivity contribution in [2.45, 2.75) is 63.6 Å². The number of pyridine rings is 1. The zero-order valence-corrected chi connectivity index (χ0v) is 24.7. The van der Waals surface area contributed by atoms with Gasteiger partial charge in [-0.3, -0.25) is 24.3 Å². The highest BCUT2D eigenvalue weighted by Crippen LogP contribution is 2.33. The molecule has 0 saturated carbocycles. The summed E-state index contributed by atoms with van der Waals surface area (Å²) in [5.41, 5.74) is 2.64. The number of aromatic nitrogens is 1. The van der Waals surface area contributed by atoms with Gasteiger partial charge in [0.05, 0.1) is 12.6 Å². The predicted molar refractivity (Wildman–Crippen MR) is 164 cm³/mol. The topological polar surface area (TPSA) is 123 Å². The van der Waals surface area contributed by atoms with E-state index in [1.807, 2.05) is 12.1 Å². The second kappa shape index (κ2) is 13.5. The summed E-state index contributed by atoms with van der Waals surface area (Å²) in [7, 11) is 0. The van der Waals surface area contributed by atoms with Crippen molar-refractivity contribution in [3.05, 3.63) is 89.7 Å². The van der Waals surface area contributed by atoms with Crippen molar-refractivity contribution in [3.63, 3.8) is 0 Å². The van der Waals surface area contributed by atoms with Crippen molar-refractivity contribution in [2.24, 2.45) is 0 Å². The molecule has 0 radical (unpaired) electrons. The number of nitrogens with zero attached hydrogens (tertiary/aromatic N) is 3. The van der Waals surface area contributed by atoms with Gasteiger partial charge >= 0.3 is 0 Å². The van der Waals surface area contributed by atoms with Gasteiger partial charge in [-0.1, -0.05) is 51.1 Å². The van der Waals surface area contributed by atoms with Gasteiger partial charge in [0.1, 0.15) is 17.8 Å². The lowest BCUT2D eigenvalue weighted by Gasteiger charge is -2.36. The number of aliphatic hydroxyl groups excluding tert-OH is 1. The van der Waals surface area contributed by atoms with Crippen LogP contribution in [0.25, 0.3) is 0 Å². The van der Waals surface area contributed by atoms with E-state index in [9.17, 15) is 24.6 Å². The molecule has 1 fully saturated rings. The van der Waals surface area contributed by atoms with Gasteiger partial charge in [-0.05, 0) is 72.1 Å². The quantitative estimate of drug-likeness (QED) is 0.332. The molecule has 1 aliphatic rings. The zero-order valence-electron chi connectivity index (χ0n) is 24.7. The van der Waals surface area contributed by atoms with Gasteiger partial charge in [-0.2, -0.15) is 0 Å². The lowest BCUT2D eigenvalue weighted by molar-refractivity contribution is -0.134. The summed E-state index contributed by atoms with van der Waals surface area (Å²) in [6, 6.07) is 14.7. The Bertz CT molecular complexity index is 1460. The van der Waals surface area contributed by atoms with Crippen LogP contribution in [0.5, 0.6) is 5.75 Å². The molecule has 9 heteroatoms. The van der Waals surface area contributed by atoms with E-state index >= 15 is 0 Å². The third-order valence-electron chi connectivity index (χ3n) is 7.66. The summed E-state index contributed by atoms with van der Waals surface area (Å²) < 4.78 is 0. The van der Waals surface area contributed by atoms with E-state index in [1.54, 1.807) is 42.6 Å². The Morgan fingerprint density at radius 2 is 1.81 bits per heavy atom. The third-order valence-corrected chi connectivity index (χ3v) is 7.66. The normalized spacial score (nSPS) is 16.2. The van der Waals surface area contributed by atoms with Gasteiger partial charge in [0.25, 0.3) is 11.8 Å². The van der Waals surface area contributed by atoms with Crippen molar-refractivity contribution in [1.82, 2.24) is 15.2 Å². The van der Waals surface area contributed by atoms with Crippen LogP contribution in [0.1, 0.15) is 56.3 Å². The number of amides is 3. The molecule has 0 bridgehead atoms. The Balaban J connectivity index is 1.77. The van der Waals surface area contributed by atoms with Crippen molar-refractivity contribution < 1.29 is 24.6 Å². The Morgan fingerprint density at radius 1 is 1.12 bits per heavy atom. The molecule has 3 N–H and O–H groups in total. The highest BCUT2D eigenvalue weighted by atomic mass is 16.3. The summed E-state index contributed by atoms with van der Waals surface area (Å²) in [4.78, 5) is 48.2. The van der Waals surface area contributed by atoms with E-state index in [-0.39, 0.29) is 17.8 Å². The third kappa shape index (κ3) is 7.40. The Labute approximate surface area is 252 Å². The molecule has 1 aliphatic heterocycles. The van der Waals surface area contributed by atoms with Gasteiger partial charge < -0.3 is 20.4 Å². The van der Waals surface area contributed by atoms with Crippen LogP contribution in [-0.4, -0.2) is 63.1 Å². The summed E-state index contributed by atoms with van der Waals surface area (Å²) in [5.74, 6) is 0.702. The van der Waals surface area contributed by atoms with E-state index < -0.39 is 35.8 Å². The predicted octanol–water partition coefficient (Wildman–Crippen LogP) is 3.50. The molecule has 2 aromatic carbocycles. The van der Waals surface area contributed by atoms with Crippen LogP contribution >= 0.6 is 0 Å². The highest BCUT2D eigenvalue weighted by molar-refractivity contribution is 6.06. The first kappa shape index (κ1) is 31.3. The van der Waals surface area contributed by atoms with E-state index in [4.69, 9.17) is 6.42 Å². The van der Waals surface area contributed by atoms with Crippen LogP contribution in [0, 0.1) is 12.3 Å². The number of phenols is 1. The molecule has 4 rings (SSSR count). The van der Waals surface area contributed by atoms with Crippen molar-refractivity contribution >= 4 is 23.4 Å².